The molecule has 1 unspecified atom stereocenters. The predicted molar refractivity (Wildman–Crippen MR) is 78.2 cm³/mol. The normalized spacial score (nSPS) is 12.4. The highest BCUT2D eigenvalue weighted by Crippen LogP contribution is 2.28. The van der Waals surface area contributed by atoms with Crippen molar-refractivity contribution in [2.45, 2.75) is 13.3 Å². The van der Waals surface area contributed by atoms with Crippen LogP contribution in [-0.4, -0.2) is 17.4 Å². The number of hydrogen-bond acceptors (Lipinski definition) is 3. The molecule has 1 aromatic carbocycles. The molecule has 2 aromatic rings. The summed E-state index contributed by atoms with van der Waals surface area (Å²) in [4.78, 5) is 16.2. The number of nitrogens with two attached hydrogens (primary N) is 1. The average molecular weight is 278 g/mol. The van der Waals surface area contributed by atoms with Crippen LogP contribution in [0.1, 0.15) is 13.3 Å². The minimum absolute atomic E-state index is 0.0628. The first kappa shape index (κ1) is 13.8. The molecule has 0 saturated carbocycles. The maximum Gasteiger partial charge on any atom is 0.224 e. The fourth-order valence-electron chi connectivity index (χ4n) is 1.84. The Labute approximate surface area is 117 Å². The molecule has 0 radical (unpaired) electrons. The van der Waals surface area contributed by atoms with Crippen molar-refractivity contribution in [3.63, 3.8) is 0 Å². The number of benzene rings is 1. The maximum absolute atomic E-state index is 11.9. The zero-order valence-corrected chi connectivity index (χ0v) is 11.4. The highest BCUT2D eigenvalue weighted by Gasteiger charge is 2.11. The standard InChI is InChI=1S/C14H16ClN3O/c1-9(8-16)7-13(19)18-12-5-4-11(15)10-3-2-6-17-14(10)12/h2-6,9H,7-8,16H2,1H3,(H,18,19). The van der Waals surface area contributed by atoms with Crippen LogP contribution >= 0.6 is 11.6 Å². The Morgan fingerprint density at radius 1 is 1.47 bits per heavy atom. The Hall–Kier alpha value is -1.65. The molecule has 0 bridgehead atoms. The van der Waals surface area contributed by atoms with Crippen LogP contribution < -0.4 is 11.1 Å². The molecule has 0 aliphatic carbocycles. The third-order valence-electron chi connectivity index (χ3n) is 2.93. The molecule has 19 heavy (non-hydrogen) atoms. The van der Waals surface area contributed by atoms with Gasteiger partial charge in [0.15, 0.2) is 0 Å². The summed E-state index contributed by atoms with van der Waals surface area (Å²) in [5, 5.41) is 4.31. The number of carbonyl (C=O) groups is 1. The second-order valence-corrected chi connectivity index (χ2v) is 4.99. The number of nitrogens with one attached hydrogen (secondary N) is 1. The third-order valence-corrected chi connectivity index (χ3v) is 3.26. The second kappa shape index (κ2) is 5.99. The monoisotopic (exact) mass is 277 g/mol. The summed E-state index contributed by atoms with van der Waals surface area (Å²) in [6.07, 6.45) is 2.07. The van der Waals surface area contributed by atoms with Crippen molar-refractivity contribution in [1.29, 1.82) is 0 Å². The number of halogens is 1. The van der Waals surface area contributed by atoms with Crippen LogP contribution in [0.25, 0.3) is 10.9 Å². The maximum atomic E-state index is 11.9. The van der Waals surface area contributed by atoms with Crippen molar-refractivity contribution in [2.75, 3.05) is 11.9 Å². The van der Waals surface area contributed by atoms with Crippen molar-refractivity contribution in [1.82, 2.24) is 4.98 Å². The third kappa shape index (κ3) is 3.22. The van der Waals surface area contributed by atoms with Crippen molar-refractivity contribution in [3.8, 4) is 0 Å². The molecule has 1 amide bonds. The molecule has 4 nitrogen and oxygen atoms in total. The van der Waals surface area contributed by atoms with Crippen LogP contribution in [0.15, 0.2) is 30.5 Å². The zero-order valence-electron chi connectivity index (χ0n) is 10.7. The highest BCUT2D eigenvalue weighted by atomic mass is 35.5. The fraction of sp³-hybridized carbons (Fsp3) is 0.286. The van der Waals surface area contributed by atoms with Gasteiger partial charge in [0.1, 0.15) is 0 Å². The van der Waals surface area contributed by atoms with E-state index >= 15 is 0 Å². The number of fused-ring (bicyclic) bond motifs is 1. The molecule has 1 atom stereocenters. The van der Waals surface area contributed by atoms with Gasteiger partial charge >= 0.3 is 0 Å². The van der Waals surface area contributed by atoms with Crippen LogP contribution in [0.2, 0.25) is 5.02 Å². The van der Waals surface area contributed by atoms with E-state index in [-0.39, 0.29) is 11.8 Å². The highest BCUT2D eigenvalue weighted by molar-refractivity contribution is 6.35. The fourth-order valence-corrected chi connectivity index (χ4v) is 2.06. The summed E-state index contributed by atoms with van der Waals surface area (Å²) in [5.74, 6) is 0.0961. The lowest BCUT2D eigenvalue weighted by Crippen LogP contribution is -2.20. The predicted octanol–water partition coefficient (Wildman–Crippen LogP) is 2.81. The van der Waals surface area contributed by atoms with Gasteiger partial charge in [0.25, 0.3) is 0 Å². The van der Waals surface area contributed by atoms with Crippen molar-refractivity contribution >= 4 is 34.1 Å². The van der Waals surface area contributed by atoms with E-state index in [1.807, 2.05) is 19.1 Å². The smallest absolute Gasteiger partial charge is 0.224 e. The van der Waals surface area contributed by atoms with Crippen LogP contribution in [0, 0.1) is 5.92 Å². The molecule has 0 fully saturated rings. The molecule has 1 aromatic heterocycles. The molecule has 0 spiro atoms. The molecule has 2 rings (SSSR count). The number of aromatic nitrogens is 1. The Kier molecular flexibility index (Phi) is 4.35. The van der Waals surface area contributed by atoms with Crippen LogP contribution in [0.3, 0.4) is 0 Å². The number of pyridine rings is 1. The summed E-state index contributed by atoms with van der Waals surface area (Å²) >= 11 is 6.10. The van der Waals surface area contributed by atoms with E-state index in [4.69, 9.17) is 17.3 Å². The molecule has 0 aliphatic rings. The number of carbonyl (C=O) groups excluding carboxylic acids is 1. The number of anilines is 1. The van der Waals surface area contributed by atoms with E-state index in [1.54, 1.807) is 18.3 Å². The van der Waals surface area contributed by atoms with E-state index < -0.39 is 0 Å². The van der Waals surface area contributed by atoms with Gasteiger partial charge in [-0.25, -0.2) is 0 Å². The van der Waals surface area contributed by atoms with Gasteiger partial charge in [0, 0.05) is 18.0 Å². The van der Waals surface area contributed by atoms with Gasteiger partial charge in [0.2, 0.25) is 5.91 Å². The first-order valence-corrected chi connectivity index (χ1v) is 6.52. The molecule has 0 saturated heterocycles. The van der Waals surface area contributed by atoms with Gasteiger partial charge in [-0.3, -0.25) is 9.78 Å². The summed E-state index contributed by atoms with van der Waals surface area (Å²) < 4.78 is 0. The van der Waals surface area contributed by atoms with E-state index in [2.05, 4.69) is 10.3 Å². The largest absolute Gasteiger partial charge is 0.330 e. The van der Waals surface area contributed by atoms with Crippen LogP contribution in [0.4, 0.5) is 5.69 Å². The molecule has 5 heteroatoms. The van der Waals surface area contributed by atoms with Crippen molar-refractivity contribution in [3.05, 3.63) is 35.5 Å². The van der Waals surface area contributed by atoms with E-state index in [1.165, 1.54) is 0 Å². The lowest BCUT2D eigenvalue weighted by molar-refractivity contribution is -0.116. The zero-order chi connectivity index (χ0) is 13.8. The number of nitrogens with zero attached hydrogens (tertiary/aromatic N) is 1. The molecule has 0 aliphatic heterocycles. The van der Waals surface area contributed by atoms with Gasteiger partial charge in [-0.1, -0.05) is 18.5 Å². The van der Waals surface area contributed by atoms with Crippen molar-refractivity contribution < 1.29 is 4.79 Å². The number of amides is 1. The summed E-state index contributed by atoms with van der Waals surface area (Å²) in [6.45, 7) is 2.44. The first-order chi connectivity index (χ1) is 9.11. The Morgan fingerprint density at radius 2 is 2.26 bits per heavy atom. The Balaban J connectivity index is 2.26. The molecule has 100 valence electrons. The number of hydrogen-bond donors (Lipinski definition) is 2. The van der Waals surface area contributed by atoms with Gasteiger partial charge in [-0.15, -0.1) is 0 Å². The van der Waals surface area contributed by atoms with Crippen molar-refractivity contribution in [2.24, 2.45) is 11.7 Å². The van der Waals surface area contributed by atoms with Gasteiger partial charge < -0.3 is 11.1 Å². The summed E-state index contributed by atoms with van der Waals surface area (Å²) in [5.41, 5.74) is 6.89. The molecular weight excluding hydrogens is 262 g/mol. The minimum atomic E-state index is -0.0628. The van der Waals surface area contributed by atoms with E-state index in [9.17, 15) is 4.79 Å². The Bertz CT molecular complexity index is 600. The molecular formula is C14H16ClN3O. The molecule has 3 N–H and O–H groups in total. The van der Waals surface area contributed by atoms with Gasteiger partial charge in [-0.05, 0) is 36.7 Å². The first-order valence-electron chi connectivity index (χ1n) is 6.15. The topological polar surface area (TPSA) is 68.0 Å². The van der Waals surface area contributed by atoms with E-state index in [0.717, 1.165) is 5.39 Å². The average Bonchev–Trinajstić information content (AvgIpc) is 2.42. The molecule has 1 heterocycles. The quantitative estimate of drug-likeness (QED) is 0.903. The SMILES string of the molecule is CC(CN)CC(=O)Nc1ccc(Cl)c2cccnc12. The lowest BCUT2D eigenvalue weighted by atomic mass is 10.1. The van der Waals surface area contributed by atoms with Gasteiger partial charge in [0.05, 0.1) is 16.2 Å². The van der Waals surface area contributed by atoms with Crippen LogP contribution in [0.5, 0.6) is 0 Å². The van der Waals surface area contributed by atoms with Gasteiger partial charge in [-0.2, -0.15) is 0 Å². The minimum Gasteiger partial charge on any atom is -0.330 e. The Morgan fingerprint density at radius 3 is 3.00 bits per heavy atom. The number of rotatable bonds is 4. The van der Waals surface area contributed by atoms with E-state index in [0.29, 0.717) is 29.2 Å². The summed E-state index contributed by atoms with van der Waals surface area (Å²) in [6, 6.07) is 7.22. The van der Waals surface area contributed by atoms with Crippen LogP contribution in [-0.2, 0) is 4.79 Å². The second-order valence-electron chi connectivity index (χ2n) is 4.59. The summed E-state index contributed by atoms with van der Waals surface area (Å²) in [7, 11) is 0. The lowest BCUT2D eigenvalue weighted by Gasteiger charge is -2.11.